The maximum atomic E-state index is 10.6. The smallest absolute Gasteiger partial charge is 0.138 e. The molecule has 114 valence electrons. The summed E-state index contributed by atoms with van der Waals surface area (Å²) in [5.74, 6) is 0.933. The fraction of sp³-hybridized carbons (Fsp3) is 0.556. The van der Waals surface area contributed by atoms with Gasteiger partial charge >= 0.3 is 0 Å². The summed E-state index contributed by atoms with van der Waals surface area (Å²) in [7, 11) is 0. The van der Waals surface area contributed by atoms with Crippen molar-refractivity contribution in [2.24, 2.45) is 0 Å². The molecule has 0 aliphatic carbocycles. The van der Waals surface area contributed by atoms with Gasteiger partial charge in [0.05, 0.1) is 0 Å². The van der Waals surface area contributed by atoms with Crippen molar-refractivity contribution in [3.63, 3.8) is 0 Å². The zero-order valence-electron chi connectivity index (χ0n) is 13.1. The maximum Gasteiger partial charge on any atom is 0.138 e. The van der Waals surface area contributed by atoms with Crippen molar-refractivity contribution in [2.75, 3.05) is 6.54 Å². The fourth-order valence-electron chi connectivity index (χ4n) is 3.78. The molecule has 3 nitrogen and oxygen atoms in total. The second-order valence-corrected chi connectivity index (χ2v) is 6.66. The average Bonchev–Trinajstić information content (AvgIpc) is 2.73. The van der Waals surface area contributed by atoms with E-state index in [-0.39, 0.29) is 11.5 Å². The van der Waals surface area contributed by atoms with Crippen LogP contribution in [0.15, 0.2) is 30.4 Å². The van der Waals surface area contributed by atoms with Crippen molar-refractivity contribution >= 4 is 0 Å². The minimum atomic E-state index is -0.563. The van der Waals surface area contributed by atoms with Gasteiger partial charge in [0.1, 0.15) is 18.0 Å². The van der Waals surface area contributed by atoms with Crippen LogP contribution in [0.25, 0.3) is 0 Å². The number of rotatable bonds is 0. The van der Waals surface area contributed by atoms with Crippen LogP contribution in [0.2, 0.25) is 0 Å². The van der Waals surface area contributed by atoms with Gasteiger partial charge in [0.25, 0.3) is 0 Å². The van der Waals surface area contributed by atoms with E-state index in [1.807, 2.05) is 18.2 Å². The van der Waals surface area contributed by atoms with Crippen LogP contribution < -0.4 is 10.1 Å². The molecule has 0 saturated carbocycles. The van der Waals surface area contributed by atoms with E-state index in [0.29, 0.717) is 6.04 Å². The van der Waals surface area contributed by atoms with E-state index in [1.54, 1.807) is 0 Å². The molecule has 0 saturated heterocycles. The van der Waals surface area contributed by atoms with Gasteiger partial charge in [-0.3, -0.25) is 0 Å². The van der Waals surface area contributed by atoms with E-state index in [4.69, 9.17) is 4.74 Å². The molecule has 3 rings (SSSR count). The Labute approximate surface area is 127 Å². The summed E-state index contributed by atoms with van der Waals surface area (Å²) in [6, 6.07) is 6.62. The molecule has 1 aromatic rings. The van der Waals surface area contributed by atoms with Gasteiger partial charge in [-0.15, -0.1) is 0 Å². The van der Waals surface area contributed by atoms with Gasteiger partial charge in [-0.25, -0.2) is 0 Å². The van der Waals surface area contributed by atoms with E-state index in [0.717, 1.165) is 25.1 Å². The summed E-state index contributed by atoms with van der Waals surface area (Å²) in [4.78, 5) is 0. The quantitative estimate of drug-likeness (QED) is 0.721. The van der Waals surface area contributed by atoms with Crippen molar-refractivity contribution in [2.45, 2.75) is 57.3 Å². The Hall–Kier alpha value is -1.32. The SMILES string of the molecule is Cc1cccc2c1C1(C)CCNC(C)C/C=C\C(O)C1O2. The van der Waals surface area contributed by atoms with Crippen molar-refractivity contribution in [1.29, 1.82) is 0 Å². The number of aryl methyl sites for hydroxylation is 1. The summed E-state index contributed by atoms with van der Waals surface area (Å²) in [5, 5.41) is 14.2. The molecule has 2 aliphatic rings. The maximum absolute atomic E-state index is 10.6. The van der Waals surface area contributed by atoms with Crippen LogP contribution in [0.1, 0.15) is 37.8 Å². The van der Waals surface area contributed by atoms with Gasteiger partial charge in [0.2, 0.25) is 0 Å². The Morgan fingerprint density at radius 2 is 2.19 bits per heavy atom. The first kappa shape index (κ1) is 14.6. The third-order valence-electron chi connectivity index (χ3n) is 4.96. The molecule has 0 aromatic heterocycles. The highest BCUT2D eigenvalue weighted by atomic mass is 16.5. The number of fused-ring (bicyclic) bond motifs is 3. The Morgan fingerprint density at radius 1 is 1.38 bits per heavy atom. The topological polar surface area (TPSA) is 41.5 Å². The third kappa shape index (κ3) is 2.49. The van der Waals surface area contributed by atoms with Gasteiger partial charge in [-0.05, 0) is 44.9 Å². The highest BCUT2D eigenvalue weighted by molar-refractivity contribution is 5.50. The zero-order chi connectivity index (χ0) is 15.0. The van der Waals surface area contributed by atoms with E-state index in [9.17, 15) is 5.11 Å². The van der Waals surface area contributed by atoms with Gasteiger partial charge in [-0.2, -0.15) is 0 Å². The van der Waals surface area contributed by atoms with Crippen LogP contribution in [-0.2, 0) is 5.41 Å². The van der Waals surface area contributed by atoms with Gasteiger partial charge in [0.15, 0.2) is 0 Å². The Bertz CT molecular complexity index is 554. The molecular formula is C18H25NO2. The van der Waals surface area contributed by atoms with Crippen molar-refractivity contribution in [3.8, 4) is 5.75 Å². The first-order valence-corrected chi connectivity index (χ1v) is 7.87. The minimum absolute atomic E-state index is 0.158. The first-order chi connectivity index (χ1) is 10.0. The average molecular weight is 287 g/mol. The number of aliphatic hydroxyl groups excluding tert-OH is 1. The molecule has 0 spiro atoms. The first-order valence-electron chi connectivity index (χ1n) is 7.87. The van der Waals surface area contributed by atoms with E-state index >= 15 is 0 Å². The number of hydrogen-bond donors (Lipinski definition) is 2. The summed E-state index contributed by atoms with van der Waals surface area (Å²) < 4.78 is 6.14. The van der Waals surface area contributed by atoms with E-state index in [2.05, 4.69) is 38.2 Å². The predicted molar refractivity (Wildman–Crippen MR) is 84.8 cm³/mol. The lowest BCUT2D eigenvalue weighted by molar-refractivity contribution is 0.0342. The van der Waals surface area contributed by atoms with Crippen LogP contribution in [-0.4, -0.2) is 29.9 Å². The normalized spacial score (nSPS) is 37.2. The number of aliphatic hydroxyl groups is 1. The molecule has 3 heteroatoms. The molecule has 0 amide bonds. The van der Waals surface area contributed by atoms with Crippen molar-refractivity contribution in [3.05, 3.63) is 41.5 Å². The lowest BCUT2D eigenvalue weighted by Crippen LogP contribution is -2.46. The summed E-state index contributed by atoms with van der Waals surface area (Å²) in [6.45, 7) is 7.48. The molecule has 0 bridgehead atoms. The lowest BCUT2D eigenvalue weighted by atomic mass is 9.72. The summed E-state index contributed by atoms with van der Waals surface area (Å²) >= 11 is 0. The summed E-state index contributed by atoms with van der Waals surface area (Å²) in [6.07, 6.45) is 5.09. The number of benzene rings is 1. The van der Waals surface area contributed by atoms with E-state index < -0.39 is 6.10 Å². The van der Waals surface area contributed by atoms with Gasteiger partial charge in [0, 0.05) is 17.0 Å². The second-order valence-electron chi connectivity index (χ2n) is 6.66. The molecule has 0 radical (unpaired) electrons. The summed E-state index contributed by atoms with van der Waals surface area (Å²) in [5.41, 5.74) is 2.35. The van der Waals surface area contributed by atoms with Crippen LogP contribution in [0.3, 0.4) is 0 Å². The van der Waals surface area contributed by atoms with Crippen molar-refractivity contribution in [1.82, 2.24) is 5.32 Å². The lowest BCUT2D eigenvalue weighted by Gasteiger charge is -2.34. The molecule has 2 aliphatic heterocycles. The van der Waals surface area contributed by atoms with Crippen molar-refractivity contribution < 1.29 is 9.84 Å². The highest BCUT2D eigenvalue weighted by Crippen LogP contribution is 2.48. The van der Waals surface area contributed by atoms with E-state index in [1.165, 1.54) is 11.1 Å². The number of ether oxygens (including phenoxy) is 1. The monoisotopic (exact) mass is 287 g/mol. The fourth-order valence-corrected chi connectivity index (χ4v) is 3.78. The molecule has 21 heavy (non-hydrogen) atoms. The van der Waals surface area contributed by atoms with Crippen LogP contribution >= 0.6 is 0 Å². The largest absolute Gasteiger partial charge is 0.486 e. The Kier molecular flexibility index (Phi) is 3.80. The van der Waals surface area contributed by atoms with Gasteiger partial charge < -0.3 is 15.2 Å². The Balaban J connectivity index is 2.03. The predicted octanol–water partition coefficient (Wildman–Crippen LogP) is 2.70. The van der Waals surface area contributed by atoms with Crippen LogP contribution in [0, 0.1) is 6.92 Å². The molecule has 4 unspecified atom stereocenters. The second kappa shape index (κ2) is 5.47. The number of hydrogen-bond acceptors (Lipinski definition) is 3. The van der Waals surface area contributed by atoms with Crippen LogP contribution in [0.4, 0.5) is 0 Å². The molecule has 2 N–H and O–H groups in total. The molecule has 1 aromatic carbocycles. The molecule has 0 fully saturated rings. The zero-order valence-corrected chi connectivity index (χ0v) is 13.1. The third-order valence-corrected chi connectivity index (χ3v) is 4.96. The highest BCUT2D eigenvalue weighted by Gasteiger charge is 2.48. The van der Waals surface area contributed by atoms with Crippen LogP contribution in [0.5, 0.6) is 5.75 Å². The molecule has 2 heterocycles. The minimum Gasteiger partial charge on any atom is -0.486 e. The number of nitrogens with one attached hydrogen (secondary N) is 1. The molecular weight excluding hydrogens is 262 g/mol. The molecule has 4 atom stereocenters. The Morgan fingerprint density at radius 3 is 3.00 bits per heavy atom. The standard InChI is InChI=1S/C18H25NO2/c1-12-6-4-9-15-16(12)18(3)10-11-19-13(2)7-5-8-14(20)17(18)21-15/h4-6,8-9,13-14,17,19-20H,7,10-11H2,1-3H3/b8-5-. The van der Waals surface area contributed by atoms with Gasteiger partial charge in [-0.1, -0.05) is 31.2 Å².